The number of nitrogens with zero attached hydrogens (tertiary/aromatic N) is 4. The van der Waals surface area contributed by atoms with Gasteiger partial charge in [-0.25, -0.2) is 4.99 Å². The van der Waals surface area contributed by atoms with Crippen LogP contribution in [0.2, 0.25) is 0 Å². The molecular formula is C21H29N7. The van der Waals surface area contributed by atoms with Crippen molar-refractivity contribution in [3.8, 4) is 0 Å². The molecule has 0 unspecified atom stereocenters. The summed E-state index contributed by atoms with van der Waals surface area (Å²) in [6.45, 7) is 12.5. The molecular weight excluding hydrogens is 350 g/mol. The highest BCUT2D eigenvalue weighted by atomic mass is 15.1. The van der Waals surface area contributed by atoms with E-state index in [1.807, 2.05) is 26.1 Å². The minimum Gasteiger partial charge on any atom is -0.404 e. The van der Waals surface area contributed by atoms with Crippen molar-refractivity contribution < 1.29 is 0 Å². The van der Waals surface area contributed by atoms with E-state index in [1.54, 1.807) is 24.6 Å². The molecule has 1 aromatic carbocycles. The van der Waals surface area contributed by atoms with Crippen LogP contribution in [0.15, 0.2) is 70.9 Å². The third kappa shape index (κ3) is 5.98. The molecule has 0 saturated heterocycles. The first kappa shape index (κ1) is 22.4. The fourth-order valence-corrected chi connectivity index (χ4v) is 2.41. The summed E-state index contributed by atoms with van der Waals surface area (Å²) >= 11 is 0. The van der Waals surface area contributed by atoms with E-state index in [4.69, 9.17) is 17.2 Å². The van der Waals surface area contributed by atoms with E-state index < -0.39 is 0 Å². The summed E-state index contributed by atoms with van der Waals surface area (Å²) in [5.74, 6) is 0.178. The number of allylic oxidation sites excluding steroid dienone is 3. The predicted octanol–water partition coefficient (Wildman–Crippen LogP) is 3.01. The molecule has 0 aliphatic heterocycles. The summed E-state index contributed by atoms with van der Waals surface area (Å²) in [6.07, 6.45) is 9.34. The van der Waals surface area contributed by atoms with Crippen LogP contribution >= 0.6 is 0 Å². The van der Waals surface area contributed by atoms with Crippen LogP contribution in [0, 0.1) is 6.92 Å². The number of nitrogens with two attached hydrogens (primary N) is 3. The van der Waals surface area contributed by atoms with Crippen molar-refractivity contribution in [1.29, 1.82) is 0 Å². The van der Waals surface area contributed by atoms with Crippen LogP contribution < -0.4 is 22.1 Å². The van der Waals surface area contributed by atoms with Crippen LogP contribution in [0.4, 0.5) is 11.4 Å². The number of anilines is 1. The number of hydrogen-bond acceptors (Lipinski definition) is 4. The van der Waals surface area contributed by atoms with E-state index in [9.17, 15) is 0 Å². The fraction of sp³-hybridized carbons (Fsp3) is 0.190. The summed E-state index contributed by atoms with van der Waals surface area (Å²) in [4.78, 5) is 14.8. The van der Waals surface area contributed by atoms with Crippen LogP contribution in [-0.4, -0.2) is 31.6 Å². The maximum atomic E-state index is 5.81. The lowest BCUT2D eigenvalue weighted by molar-refractivity contribution is 0.964. The first-order valence-electron chi connectivity index (χ1n) is 8.78. The number of guanidine groups is 1. The van der Waals surface area contributed by atoms with Crippen LogP contribution in [0.5, 0.6) is 0 Å². The van der Waals surface area contributed by atoms with Gasteiger partial charge in [0.25, 0.3) is 0 Å². The number of aryl methyl sites for hydroxylation is 1. The Hall–Kier alpha value is -3.61. The van der Waals surface area contributed by atoms with Crippen LogP contribution in [-0.2, 0) is 0 Å². The summed E-state index contributed by atoms with van der Waals surface area (Å²) in [5.41, 5.74) is 21.3. The van der Waals surface area contributed by atoms with Gasteiger partial charge in [0, 0.05) is 37.1 Å². The van der Waals surface area contributed by atoms with Gasteiger partial charge in [-0.1, -0.05) is 37.4 Å². The van der Waals surface area contributed by atoms with Crippen LogP contribution in [0.3, 0.4) is 0 Å². The highest BCUT2D eigenvalue weighted by Crippen LogP contribution is 2.38. The quantitative estimate of drug-likeness (QED) is 0.365. The lowest BCUT2D eigenvalue weighted by atomic mass is 9.99. The first-order chi connectivity index (χ1) is 13.4. The van der Waals surface area contributed by atoms with E-state index in [1.165, 1.54) is 12.3 Å². The van der Waals surface area contributed by atoms with Gasteiger partial charge in [-0.2, -0.15) is 4.99 Å². The molecule has 1 aromatic rings. The van der Waals surface area contributed by atoms with Gasteiger partial charge in [0.15, 0.2) is 0 Å². The third-order valence-electron chi connectivity index (χ3n) is 3.90. The Morgan fingerprint density at radius 2 is 1.96 bits per heavy atom. The molecule has 0 heterocycles. The minimum atomic E-state index is 0.0114. The average Bonchev–Trinajstić information content (AvgIpc) is 2.67. The highest BCUT2D eigenvalue weighted by Gasteiger charge is 2.15. The number of amidine groups is 1. The second-order valence-corrected chi connectivity index (χ2v) is 5.83. The van der Waals surface area contributed by atoms with E-state index >= 15 is 0 Å². The second kappa shape index (κ2) is 11.2. The molecule has 0 aliphatic carbocycles. The Morgan fingerprint density at radius 1 is 1.25 bits per heavy atom. The minimum absolute atomic E-state index is 0.0114. The van der Waals surface area contributed by atoms with Crippen molar-refractivity contribution in [2.45, 2.75) is 13.8 Å². The zero-order chi connectivity index (χ0) is 21.1. The smallest absolute Gasteiger partial charge is 0.221 e. The monoisotopic (exact) mass is 379 g/mol. The van der Waals surface area contributed by atoms with Gasteiger partial charge in [0.05, 0.1) is 11.4 Å². The zero-order valence-corrected chi connectivity index (χ0v) is 16.8. The highest BCUT2D eigenvalue weighted by molar-refractivity contribution is 6.01. The van der Waals surface area contributed by atoms with E-state index in [0.717, 1.165) is 34.6 Å². The summed E-state index contributed by atoms with van der Waals surface area (Å²) < 4.78 is 0. The summed E-state index contributed by atoms with van der Waals surface area (Å²) in [5, 5.41) is 0. The number of benzene rings is 1. The topological polar surface area (TPSA) is 118 Å². The van der Waals surface area contributed by atoms with Crippen molar-refractivity contribution >= 4 is 35.0 Å². The molecule has 0 spiro atoms. The predicted molar refractivity (Wildman–Crippen MR) is 123 cm³/mol. The zero-order valence-electron chi connectivity index (χ0n) is 16.8. The fourth-order valence-electron chi connectivity index (χ4n) is 2.41. The second-order valence-electron chi connectivity index (χ2n) is 5.83. The Bertz CT molecular complexity index is 858. The van der Waals surface area contributed by atoms with Gasteiger partial charge in [0.2, 0.25) is 5.96 Å². The summed E-state index contributed by atoms with van der Waals surface area (Å²) in [6, 6.07) is 4.02. The molecule has 0 saturated carbocycles. The molecule has 0 atom stereocenters. The molecule has 7 heteroatoms. The maximum absolute atomic E-state index is 5.81. The number of rotatable bonds is 8. The van der Waals surface area contributed by atoms with Crippen LogP contribution in [0.25, 0.3) is 5.57 Å². The molecule has 7 nitrogen and oxygen atoms in total. The van der Waals surface area contributed by atoms with Crippen molar-refractivity contribution in [3.05, 3.63) is 67.0 Å². The number of aliphatic imine (C=N–C) groups is 3. The lowest BCUT2D eigenvalue weighted by Gasteiger charge is -2.24. The van der Waals surface area contributed by atoms with Gasteiger partial charge in [-0.15, -0.1) is 0 Å². The molecule has 28 heavy (non-hydrogen) atoms. The van der Waals surface area contributed by atoms with E-state index in [-0.39, 0.29) is 11.8 Å². The van der Waals surface area contributed by atoms with Crippen molar-refractivity contribution in [1.82, 2.24) is 0 Å². The Morgan fingerprint density at radius 3 is 2.54 bits per heavy atom. The molecule has 0 amide bonds. The average molecular weight is 380 g/mol. The third-order valence-corrected chi connectivity index (χ3v) is 3.90. The van der Waals surface area contributed by atoms with Crippen molar-refractivity contribution in [2.75, 3.05) is 18.5 Å². The maximum Gasteiger partial charge on any atom is 0.221 e. The molecule has 1 rings (SSSR count). The number of hydrogen-bond donors (Lipinski definition) is 3. The van der Waals surface area contributed by atoms with Gasteiger partial charge < -0.3 is 22.1 Å². The van der Waals surface area contributed by atoms with Crippen LogP contribution in [0.1, 0.15) is 18.1 Å². The Kier molecular flexibility index (Phi) is 8.95. The van der Waals surface area contributed by atoms with Gasteiger partial charge in [-0.05, 0) is 31.7 Å². The first-order valence-corrected chi connectivity index (χ1v) is 8.78. The standard InChI is InChI=1S/C21H29N7/c1-6-13-25-19-15(4)9-10-17(20(19)28(5)8-3)16(7-2)14-26-21(24)27-18(23)11-12-22/h6-7,9-14H,1-2,8,22H2,3-5H3,(H4,23,24,26,27)/b12-11-,16-14-,25-13?. The molecule has 0 radical (unpaired) electrons. The largest absolute Gasteiger partial charge is 0.404 e. The molecule has 0 aromatic heterocycles. The SMILES string of the molecule is C=CC=Nc1c(C)ccc(/C(C=C)=C\N=C(N)N=C(N)/C=C\N)c1N(C)CC. The van der Waals surface area contributed by atoms with Crippen molar-refractivity contribution in [2.24, 2.45) is 32.2 Å². The molecule has 0 aliphatic rings. The molecule has 148 valence electrons. The van der Waals surface area contributed by atoms with Crippen molar-refractivity contribution in [3.63, 3.8) is 0 Å². The van der Waals surface area contributed by atoms with E-state index in [0.29, 0.717) is 0 Å². The molecule has 0 fully saturated rings. The van der Waals surface area contributed by atoms with Gasteiger partial charge in [-0.3, -0.25) is 4.99 Å². The molecule has 6 N–H and O–H groups in total. The normalized spacial score (nSPS) is 13.3. The van der Waals surface area contributed by atoms with E-state index in [2.05, 4.69) is 40.0 Å². The summed E-state index contributed by atoms with van der Waals surface area (Å²) in [7, 11) is 2.01. The van der Waals surface area contributed by atoms with Gasteiger partial charge in [0.1, 0.15) is 5.84 Å². The Labute approximate surface area is 167 Å². The lowest BCUT2D eigenvalue weighted by Crippen LogP contribution is -2.18. The van der Waals surface area contributed by atoms with Gasteiger partial charge >= 0.3 is 0 Å². The molecule has 0 bridgehead atoms. The Balaban J connectivity index is 3.57.